The van der Waals surface area contributed by atoms with Crippen molar-refractivity contribution in [1.29, 1.82) is 0 Å². The van der Waals surface area contributed by atoms with Crippen molar-refractivity contribution in [3.63, 3.8) is 0 Å². The Morgan fingerprint density at radius 1 is 1.30 bits per heavy atom. The summed E-state index contributed by atoms with van der Waals surface area (Å²) in [4.78, 5) is 9.35. The van der Waals surface area contributed by atoms with Crippen molar-refractivity contribution < 1.29 is 8.42 Å². The average molecular weight is 385 g/mol. The summed E-state index contributed by atoms with van der Waals surface area (Å²) in [5, 5.41) is 0. The van der Waals surface area contributed by atoms with E-state index in [4.69, 9.17) is 5.73 Å². The molecule has 3 N–H and O–H groups in total. The van der Waals surface area contributed by atoms with E-state index in [1.54, 1.807) is 25.3 Å². The van der Waals surface area contributed by atoms with Crippen LogP contribution in [0.2, 0.25) is 0 Å². The minimum Gasteiger partial charge on any atom is -0.399 e. The van der Waals surface area contributed by atoms with Crippen LogP contribution in [0.5, 0.6) is 0 Å². The summed E-state index contributed by atoms with van der Waals surface area (Å²) in [6, 6.07) is 7.76. The molecule has 142 valence electrons. The number of sulfonamides is 1. The number of nitrogens with one attached hydrogen (secondary N) is 1. The highest BCUT2D eigenvalue weighted by molar-refractivity contribution is 7.89. The number of hydrogen-bond acceptors (Lipinski definition) is 5. The van der Waals surface area contributed by atoms with Gasteiger partial charge in [-0.3, -0.25) is 4.98 Å². The van der Waals surface area contributed by atoms with Crippen LogP contribution >= 0.6 is 0 Å². The number of pyridine rings is 1. The molecular weight excluding hydrogens is 362 g/mol. The highest BCUT2D eigenvalue weighted by Gasteiger charge is 2.27. The maximum Gasteiger partial charge on any atom is 0.241 e. The Morgan fingerprint density at radius 2 is 2.00 bits per heavy atom. The lowest BCUT2D eigenvalue weighted by molar-refractivity contribution is 0.549. The quantitative estimate of drug-likeness (QED) is 0.635. The molecule has 0 amide bonds. The minimum absolute atomic E-state index is 0.181. The summed E-state index contributed by atoms with van der Waals surface area (Å²) in [5.74, 6) is 1.24. The second kappa shape index (κ2) is 6.61. The van der Waals surface area contributed by atoms with E-state index < -0.39 is 16.1 Å². The van der Waals surface area contributed by atoms with Gasteiger partial charge in [0.2, 0.25) is 10.0 Å². The predicted octanol–water partition coefficient (Wildman–Crippen LogP) is 2.95. The van der Waals surface area contributed by atoms with E-state index in [0.717, 1.165) is 16.7 Å². The number of nitrogens with zero attached hydrogens (tertiary/aromatic N) is 3. The van der Waals surface area contributed by atoms with E-state index in [1.165, 1.54) is 25.0 Å². The zero-order valence-electron chi connectivity index (χ0n) is 15.4. The molecular formula is C19H23N5O2S. The Labute approximate surface area is 158 Å². The molecule has 3 aromatic rings. The van der Waals surface area contributed by atoms with Gasteiger partial charge in [0.05, 0.1) is 22.7 Å². The Hall–Kier alpha value is -2.45. The molecule has 0 aliphatic heterocycles. The topological polar surface area (TPSA) is 103 Å². The molecule has 1 saturated carbocycles. The third-order valence-electron chi connectivity index (χ3n) is 4.91. The average Bonchev–Trinajstić information content (AvgIpc) is 3.41. The molecule has 1 fully saturated rings. The molecule has 0 unspecified atom stereocenters. The molecule has 1 atom stereocenters. The Morgan fingerprint density at radius 3 is 2.63 bits per heavy atom. The number of anilines is 1. The maximum absolute atomic E-state index is 12.7. The number of imidazole rings is 1. The smallest absolute Gasteiger partial charge is 0.241 e. The zero-order valence-corrected chi connectivity index (χ0v) is 16.2. The molecule has 1 aliphatic carbocycles. The van der Waals surface area contributed by atoms with Gasteiger partial charge < -0.3 is 10.3 Å². The first kappa shape index (κ1) is 17.9. The first-order chi connectivity index (χ1) is 12.9. The number of hydrogen-bond donors (Lipinski definition) is 2. The van der Waals surface area contributed by atoms with Gasteiger partial charge in [-0.15, -0.1) is 0 Å². The van der Waals surface area contributed by atoms with Crippen LogP contribution < -0.4 is 10.5 Å². The number of aryl methyl sites for hydroxylation is 1. The van der Waals surface area contributed by atoms with Crippen molar-refractivity contribution in [3.05, 3.63) is 48.0 Å². The van der Waals surface area contributed by atoms with Gasteiger partial charge in [0.1, 0.15) is 11.3 Å². The van der Waals surface area contributed by atoms with Gasteiger partial charge in [-0.05, 0) is 57.0 Å². The van der Waals surface area contributed by atoms with Crippen LogP contribution in [0.25, 0.3) is 11.0 Å². The summed E-state index contributed by atoms with van der Waals surface area (Å²) < 4.78 is 30.2. The van der Waals surface area contributed by atoms with Gasteiger partial charge in [0, 0.05) is 23.8 Å². The van der Waals surface area contributed by atoms with Crippen LogP contribution in [0.15, 0.2) is 41.4 Å². The van der Waals surface area contributed by atoms with E-state index in [1.807, 2.05) is 6.92 Å². The van der Waals surface area contributed by atoms with Crippen LogP contribution in [0.1, 0.15) is 50.2 Å². The van der Waals surface area contributed by atoms with Crippen LogP contribution in [-0.4, -0.2) is 23.0 Å². The van der Waals surface area contributed by atoms with Crippen molar-refractivity contribution >= 4 is 26.7 Å². The monoisotopic (exact) mass is 385 g/mol. The normalized spacial score (nSPS) is 15.9. The number of rotatable bonds is 6. The molecule has 27 heavy (non-hydrogen) atoms. The number of fused-ring (bicyclic) bond motifs is 1. The standard InChI is InChI=1S/C19H23N5O2S/c1-3-24-18-10-16(13-4-5-13)21-11-17(18)22-19(24)12(2)23-27(25,26)15-8-6-14(20)7-9-15/h6-13,23H,3-5,20H2,1-2H3/t12-/m1/s1. The fourth-order valence-electron chi connectivity index (χ4n) is 3.33. The van der Waals surface area contributed by atoms with Crippen LogP contribution in [0, 0.1) is 0 Å². The third-order valence-corrected chi connectivity index (χ3v) is 6.46. The van der Waals surface area contributed by atoms with E-state index in [9.17, 15) is 8.42 Å². The highest BCUT2D eigenvalue weighted by Crippen LogP contribution is 2.39. The van der Waals surface area contributed by atoms with Gasteiger partial charge in [0.25, 0.3) is 0 Å². The van der Waals surface area contributed by atoms with Crippen molar-refractivity contribution in [2.45, 2.75) is 50.1 Å². The lowest BCUT2D eigenvalue weighted by Gasteiger charge is -2.15. The number of aromatic nitrogens is 3. The fourth-order valence-corrected chi connectivity index (χ4v) is 4.53. The first-order valence-corrected chi connectivity index (χ1v) is 10.6. The zero-order chi connectivity index (χ0) is 19.2. The lowest BCUT2D eigenvalue weighted by atomic mass is 10.2. The molecule has 1 aliphatic rings. The molecule has 4 rings (SSSR count). The van der Waals surface area contributed by atoms with Crippen LogP contribution in [0.4, 0.5) is 5.69 Å². The van der Waals surface area contributed by atoms with Crippen molar-refractivity contribution in [1.82, 2.24) is 19.3 Å². The van der Waals surface area contributed by atoms with E-state index in [-0.39, 0.29) is 4.90 Å². The molecule has 2 aromatic heterocycles. The molecule has 8 heteroatoms. The third kappa shape index (κ3) is 3.42. The van der Waals surface area contributed by atoms with Gasteiger partial charge in [-0.25, -0.2) is 18.1 Å². The van der Waals surface area contributed by atoms with E-state index in [0.29, 0.717) is 24.0 Å². The SMILES string of the molecule is CCn1c([C@@H](C)NS(=O)(=O)c2ccc(N)cc2)nc2cnc(C3CC3)cc21. The first-order valence-electron chi connectivity index (χ1n) is 9.13. The summed E-state index contributed by atoms with van der Waals surface area (Å²) in [6.45, 7) is 4.54. The summed E-state index contributed by atoms with van der Waals surface area (Å²) in [6.07, 6.45) is 4.16. The van der Waals surface area contributed by atoms with Gasteiger partial charge in [0.15, 0.2) is 0 Å². The van der Waals surface area contributed by atoms with Crippen molar-refractivity contribution in [2.75, 3.05) is 5.73 Å². The van der Waals surface area contributed by atoms with Gasteiger partial charge in [-0.2, -0.15) is 0 Å². The summed E-state index contributed by atoms with van der Waals surface area (Å²) >= 11 is 0. The number of nitrogen functional groups attached to an aromatic ring is 1. The molecule has 2 heterocycles. The second-order valence-corrected chi connectivity index (χ2v) is 8.71. The van der Waals surface area contributed by atoms with Crippen LogP contribution in [0.3, 0.4) is 0 Å². The van der Waals surface area contributed by atoms with Gasteiger partial charge in [-0.1, -0.05) is 0 Å². The molecule has 0 bridgehead atoms. The number of nitrogens with two attached hydrogens (primary N) is 1. The van der Waals surface area contributed by atoms with Crippen molar-refractivity contribution in [2.24, 2.45) is 0 Å². The van der Waals surface area contributed by atoms with Crippen LogP contribution in [-0.2, 0) is 16.6 Å². The Balaban J connectivity index is 1.67. The van der Waals surface area contributed by atoms with E-state index >= 15 is 0 Å². The molecule has 0 spiro atoms. The molecule has 0 saturated heterocycles. The second-order valence-electron chi connectivity index (χ2n) is 7.00. The molecule has 7 nitrogen and oxygen atoms in total. The Kier molecular flexibility index (Phi) is 4.39. The fraction of sp³-hybridized carbons (Fsp3) is 0.368. The lowest BCUT2D eigenvalue weighted by Crippen LogP contribution is -2.28. The molecule has 1 aromatic carbocycles. The highest BCUT2D eigenvalue weighted by atomic mass is 32.2. The maximum atomic E-state index is 12.7. The largest absolute Gasteiger partial charge is 0.399 e. The Bertz CT molecular complexity index is 1090. The van der Waals surface area contributed by atoms with E-state index in [2.05, 4.69) is 25.3 Å². The minimum atomic E-state index is -3.67. The van der Waals surface area contributed by atoms with Crippen molar-refractivity contribution in [3.8, 4) is 0 Å². The summed E-state index contributed by atoms with van der Waals surface area (Å²) in [7, 11) is -3.67. The predicted molar refractivity (Wildman–Crippen MR) is 105 cm³/mol. The molecule has 0 radical (unpaired) electrons. The van der Waals surface area contributed by atoms with Gasteiger partial charge >= 0.3 is 0 Å². The number of benzene rings is 1. The summed E-state index contributed by atoms with van der Waals surface area (Å²) in [5.41, 5.74) is 9.05.